The van der Waals surface area contributed by atoms with Gasteiger partial charge in [-0.05, 0) is 36.6 Å². The van der Waals surface area contributed by atoms with Gasteiger partial charge in [0.05, 0.1) is 5.60 Å². The summed E-state index contributed by atoms with van der Waals surface area (Å²) in [5.74, 6) is 0. The first-order valence-electron chi connectivity index (χ1n) is 6.46. The number of hydrogen-bond donors (Lipinski definition) is 2. The highest BCUT2D eigenvalue weighted by Gasteiger charge is 2.28. The molecule has 0 aromatic heterocycles. The molecule has 0 unspecified atom stereocenters. The van der Waals surface area contributed by atoms with E-state index in [0.717, 1.165) is 31.2 Å². The van der Waals surface area contributed by atoms with Gasteiger partial charge in [-0.3, -0.25) is 0 Å². The topological polar surface area (TPSA) is 32.3 Å². The van der Waals surface area contributed by atoms with Crippen molar-refractivity contribution in [2.45, 2.75) is 44.2 Å². The summed E-state index contributed by atoms with van der Waals surface area (Å²) in [5.41, 5.74) is 0.437. The van der Waals surface area contributed by atoms with Gasteiger partial charge in [0.25, 0.3) is 0 Å². The summed E-state index contributed by atoms with van der Waals surface area (Å²) in [4.78, 5) is 0. The van der Waals surface area contributed by atoms with Gasteiger partial charge in [-0.1, -0.05) is 42.5 Å². The van der Waals surface area contributed by atoms with Crippen LogP contribution in [0.3, 0.4) is 0 Å². The normalized spacial score (nSPS) is 18.8. The lowest BCUT2D eigenvalue weighted by molar-refractivity contribution is 0.00468. The van der Waals surface area contributed by atoms with E-state index in [1.807, 2.05) is 6.07 Å². The summed E-state index contributed by atoms with van der Waals surface area (Å²) in [5, 5.41) is 15.0. The predicted molar refractivity (Wildman–Crippen MR) is 76.2 cm³/mol. The quantitative estimate of drug-likeness (QED) is 0.883. The SMILES string of the molecule is OC1(CNCc2cc(Cl)ccc2Cl)CCCCC1. The van der Waals surface area contributed by atoms with Crippen LogP contribution in [-0.4, -0.2) is 17.3 Å². The molecule has 0 saturated heterocycles. The van der Waals surface area contributed by atoms with Crippen LogP contribution in [0.1, 0.15) is 37.7 Å². The molecule has 0 heterocycles. The predicted octanol–water partition coefficient (Wildman–Crippen LogP) is 3.78. The first-order valence-corrected chi connectivity index (χ1v) is 7.22. The second-order valence-electron chi connectivity index (χ2n) is 5.12. The van der Waals surface area contributed by atoms with E-state index in [2.05, 4.69) is 5.32 Å². The van der Waals surface area contributed by atoms with Crippen molar-refractivity contribution in [1.29, 1.82) is 0 Å². The minimum atomic E-state index is -0.538. The maximum atomic E-state index is 10.4. The molecule has 0 aliphatic heterocycles. The van der Waals surface area contributed by atoms with Crippen LogP contribution in [0.15, 0.2) is 18.2 Å². The van der Waals surface area contributed by atoms with Crippen LogP contribution in [0.5, 0.6) is 0 Å². The van der Waals surface area contributed by atoms with Gasteiger partial charge in [0.2, 0.25) is 0 Å². The zero-order chi connectivity index (χ0) is 13.0. The molecule has 2 N–H and O–H groups in total. The van der Waals surface area contributed by atoms with Crippen molar-refractivity contribution in [3.8, 4) is 0 Å². The molecule has 18 heavy (non-hydrogen) atoms. The van der Waals surface area contributed by atoms with Gasteiger partial charge in [0.15, 0.2) is 0 Å². The van der Waals surface area contributed by atoms with Gasteiger partial charge >= 0.3 is 0 Å². The zero-order valence-electron chi connectivity index (χ0n) is 10.4. The third-order valence-corrected chi connectivity index (χ3v) is 4.17. The third kappa shape index (κ3) is 3.86. The van der Waals surface area contributed by atoms with Crippen molar-refractivity contribution in [3.05, 3.63) is 33.8 Å². The van der Waals surface area contributed by atoms with Crippen LogP contribution in [0.4, 0.5) is 0 Å². The fraction of sp³-hybridized carbons (Fsp3) is 0.571. The Labute approximate surface area is 118 Å². The highest BCUT2D eigenvalue weighted by Crippen LogP contribution is 2.27. The highest BCUT2D eigenvalue weighted by atomic mass is 35.5. The first kappa shape index (κ1) is 14.1. The van der Waals surface area contributed by atoms with E-state index in [1.54, 1.807) is 12.1 Å². The summed E-state index contributed by atoms with van der Waals surface area (Å²) >= 11 is 12.0. The van der Waals surface area contributed by atoms with Crippen molar-refractivity contribution >= 4 is 23.2 Å². The zero-order valence-corrected chi connectivity index (χ0v) is 11.9. The molecule has 2 nitrogen and oxygen atoms in total. The minimum absolute atomic E-state index is 0.538. The van der Waals surface area contributed by atoms with Gasteiger partial charge in [-0.25, -0.2) is 0 Å². The number of benzene rings is 1. The standard InChI is InChI=1S/C14H19Cl2NO/c15-12-4-5-13(16)11(8-12)9-17-10-14(18)6-2-1-3-7-14/h4-5,8,17-18H,1-3,6-7,9-10H2. The molecule has 4 heteroatoms. The molecular formula is C14H19Cl2NO. The average Bonchev–Trinajstić information content (AvgIpc) is 2.34. The Balaban J connectivity index is 1.86. The minimum Gasteiger partial charge on any atom is -0.389 e. The van der Waals surface area contributed by atoms with E-state index in [0.29, 0.717) is 23.1 Å². The Morgan fingerprint density at radius 1 is 1.17 bits per heavy atom. The number of nitrogens with one attached hydrogen (secondary N) is 1. The van der Waals surface area contributed by atoms with Crippen LogP contribution in [0.25, 0.3) is 0 Å². The lowest BCUT2D eigenvalue weighted by Gasteiger charge is -2.32. The highest BCUT2D eigenvalue weighted by molar-refractivity contribution is 6.33. The van der Waals surface area contributed by atoms with E-state index in [4.69, 9.17) is 23.2 Å². The molecule has 0 atom stereocenters. The summed E-state index contributed by atoms with van der Waals surface area (Å²) < 4.78 is 0. The average molecular weight is 288 g/mol. The van der Waals surface area contributed by atoms with Crippen molar-refractivity contribution in [3.63, 3.8) is 0 Å². The van der Waals surface area contributed by atoms with E-state index in [9.17, 15) is 5.11 Å². The van der Waals surface area contributed by atoms with Crippen molar-refractivity contribution < 1.29 is 5.11 Å². The molecular weight excluding hydrogens is 269 g/mol. The monoisotopic (exact) mass is 287 g/mol. The van der Waals surface area contributed by atoms with Gasteiger partial charge < -0.3 is 10.4 Å². The van der Waals surface area contributed by atoms with E-state index in [1.165, 1.54) is 6.42 Å². The molecule has 0 bridgehead atoms. The fourth-order valence-electron chi connectivity index (χ4n) is 2.50. The first-order chi connectivity index (χ1) is 8.59. The molecule has 1 aliphatic rings. The number of aliphatic hydroxyl groups is 1. The fourth-order valence-corrected chi connectivity index (χ4v) is 2.87. The maximum absolute atomic E-state index is 10.4. The maximum Gasteiger partial charge on any atom is 0.0771 e. The Kier molecular flexibility index (Phi) is 4.91. The lowest BCUT2D eigenvalue weighted by atomic mass is 9.85. The van der Waals surface area contributed by atoms with Crippen molar-refractivity contribution in [2.75, 3.05) is 6.54 Å². The lowest BCUT2D eigenvalue weighted by Crippen LogP contribution is -2.41. The van der Waals surface area contributed by atoms with Crippen LogP contribution in [-0.2, 0) is 6.54 Å². The van der Waals surface area contributed by atoms with Crippen LogP contribution < -0.4 is 5.32 Å². The molecule has 1 saturated carbocycles. The Morgan fingerprint density at radius 2 is 1.89 bits per heavy atom. The number of rotatable bonds is 4. The van der Waals surface area contributed by atoms with E-state index in [-0.39, 0.29) is 0 Å². The summed E-state index contributed by atoms with van der Waals surface area (Å²) in [7, 11) is 0. The second-order valence-corrected chi connectivity index (χ2v) is 5.97. The third-order valence-electron chi connectivity index (χ3n) is 3.56. The molecule has 1 aliphatic carbocycles. The smallest absolute Gasteiger partial charge is 0.0771 e. The van der Waals surface area contributed by atoms with Crippen LogP contribution in [0, 0.1) is 0 Å². The second kappa shape index (κ2) is 6.25. The summed E-state index contributed by atoms with van der Waals surface area (Å²) in [6, 6.07) is 5.44. The summed E-state index contributed by atoms with van der Waals surface area (Å²) in [6.07, 6.45) is 5.27. The molecule has 100 valence electrons. The van der Waals surface area contributed by atoms with Gasteiger partial charge in [-0.2, -0.15) is 0 Å². The van der Waals surface area contributed by atoms with Crippen molar-refractivity contribution in [2.24, 2.45) is 0 Å². The number of hydrogen-bond acceptors (Lipinski definition) is 2. The van der Waals surface area contributed by atoms with Gasteiger partial charge in [0, 0.05) is 23.1 Å². The van der Waals surface area contributed by atoms with Crippen LogP contribution >= 0.6 is 23.2 Å². The molecule has 0 amide bonds. The molecule has 1 fully saturated rings. The molecule has 0 radical (unpaired) electrons. The van der Waals surface area contributed by atoms with Gasteiger partial charge in [0.1, 0.15) is 0 Å². The Bertz CT molecular complexity index is 403. The van der Waals surface area contributed by atoms with Gasteiger partial charge in [-0.15, -0.1) is 0 Å². The summed E-state index contributed by atoms with van der Waals surface area (Å²) in [6.45, 7) is 1.26. The van der Waals surface area contributed by atoms with E-state index < -0.39 is 5.60 Å². The van der Waals surface area contributed by atoms with Crippen molar-refractivity contribution in [1.82, 2.24) is 5.32 Å². The molecule has 1 aromatic rings. The molecule has 1 aromatic carbocycles. The number of halogens is 2. The van der Waals surface area contributed by atoms with E-state index >= 15 is 0 Å². The Morgan fingerprint density at radius 3 is 2.61 bits per heavy atom. The van der Waals surface area contributed by atoms with Crippen LogP contribution in [0.2, 0.25) is 10.0 Å². The largest absolute Gasteiger partial charge is 0.389 e. The molecule has 0 spiro atoms. The molecule has 2 rings (SSSR count). The Hall–Kier alpha value is -0.280.